The average Bonchev–Trinajstić information content (AvgIpc) is 3.02. The third kappa shape index (κ3) is 9.13. The first-order valence-corrected chi connectivity index (χ1v) is 15.0. The van der Waals surface area contributed by atoms with E-state index in [1.165, 1.54) is 18.9 Å². The van der Waals surface area contributed by atoms with E-state index >= 15 is 0 Å². The highest BCUT2D eigenvalue weighted by atomic mass is 35.5. The lowest BCUT2D eigenvalue weighted by Crippen LogP contribution is -2.30. The van der Waals surface area contributed by atoms with E-state index in [4.69, 9.17) is 21.1 Å². The normalized spacial score (nSPS) is 11.7. The minimum Gasteiger partial charge on any atom is -0.495 e. The number of hydrogen-bond donors (Lipinski definition) is 3. The number of carbonyl (C=O) groups is 3. The van der Waals surface area contributed by atoms with Crippen molar-refractivity contribution in [2.24, 2.45) is 0 Å². The van der Waals surface area contributed by atoms with E-state index in [-0.39, 0.29) is 11.6 Å². The zero-order valence-corrected chi connectivity index (χ0v) is 26.0. The van der Waals surface area contributed by atoms with E-state index < -0.39 is 17.1 Å². The number of anilines is 2. The third-order valence-electron chi connectivity index (χ3n) is 6.22. The molecule has 4 aromatic rings. The van der Waals surface area contributed by atoms with Crippen LogP contribution in [0.25, 0.3) is 6.08 Å². The van der Waals surface area contributed by atoms with Crippen LogP contribution in [0.1, 0.15) is 29.8 Å². The number of amides is 3. The lowest BCUT2D eigenvalue weighted by Gasteiger charge is -2.15. The van der Waals surface area contributed by atoms with Gasteiger partial charge in [-0.3, -0.25) is 14.4 Å². The van der Waals surface area contributed by atoms with E-state index in [2.05, 4.69) is 16.0 Å². The Morgan fingerprint density at radius 3 is 2.36 bits per heavy atom. The number of halogens is 1. The maximum atomic E-state index is 13.5. The van der Waals surface area contributed by atoms with Gasteiger partial charge in [0.15, 0.2) is 0 Å². The SMILES string of the molecule is CCOc1ccc(/C=C(/NC(=O)c2ccccc2)C(=O)Nc2cccc(SC(C)C(=O)Nc3cc(Cl)ccc3OC)c2)cc1. The van der Waals surface area contributed by atoms with Gasteiger partial charge in [-0.25, -0.2) is 0 Å². The maximum absolute atomic E-state index is 13.5. The summed E-state index contributed by atoms with van der Waals surface area (Å²) in [6.45, 7) is 4.21. The van der Waals surface area contributed by atoms with Crippen molar-refractivity contribution in [3.63, 3.8) is 0 Å². The fourth-order valence-corrected chi connectivity index (χ4v) is 5.15. The molecule has 0 aliphatic carbocycles. The highest BCUT2D eigenvalue weighted by molar-refractivity contribution is 8.00. The Bertz CT molecular complexity index is 1640. The minimum absolute atomic E-state index is 0.0595. The Labute approximate surface area is 265 Å². The molecule has 0 fully saturated rings. The Hall–Kier alpha value is -4.73. The highest BCUT2D eigenvalue weighted by Crippen LogP contribution is 2.30. The van der Waals surface area contributed by atoms with Gasteiger partial charge in [-0.1, -0.05) is 48.0 Å². The van der Waals surface area contributed by atoms with Gasteiger partial charge in [-0.2, -0.15) is 0 Å². The molecule has 4 aromatic carbocycles. The molecule has 10 heteroatoms. The highest BCUT2D eigenvalue weighted by Gasteiger charge is 2.18. The number of carbonyl (C=O) groups excluding carboxylic acids is 3. The van der Waals surface area contributed by atoms with Gasteiger partial charge >= 0.3 is 0 Å². The van der Waals surface area contributed by atoms with Crippen LogP contribution in [0.4, 0.5) is 11.4 Å². The van der Waals surface area contributed by atoms with Crippen LogP contribution in [-0.4, -0.2) is 36.7 Å². The molecule has 226 valence electrons. The van der Waals surface area contributed by atoms with E-state index in [9.17, 15) is 14.4 Å². The van der Waals surface area contributed by atoms with Crippen LogP contribution < -0.4 is 25.4 Å². The quantitative estimate of drug-likeness (QED) is 0.112. The Kier molecular flexibility index (Phi) is 11.5. The van der Waals surface area contributed by atoms with Crippen LogP contribution in [0.5, 0.6) is 11.5 Å². The topological polar surface area (TPSA) is 106 Å². The molecule has 44 heavy (non-hydrogen) atoms. The first kappa shape index (κ1) is 32.2. The average molecular weight is 630 g/mol. The molecule has 1 unspecified atom stereocenters. The number of thioether (sulfide) groups is 1. The van der Waals surface area contributed by atoms with Gasteiger partial charge in [0.2, 0.25) is 5.91 Å². The number of ether oxygens (including phenoxy) is 2. The van der Waals surface area contributed by atoms with E-state index in [1.54, 1.807) is 97.9 Å². The van der Waals surface area contributed by atoms with Crippen molar-refractivity contribution >= 4 is 58.5 Å². The van der Waals surface area contributed by atoms with Gasteiger partial charge in [-0.05, 0) is 86.2 Å². The smallest absolute Gasteiger partial charge is 0.272 e. The van der Waals surface area contributed by atoms with Gasteiger partial charge in [0.05, 0.1) is 24.7 Å². The summed E-state index contributed by atoms with van der Waals surface area (Å²) in [4.78, 5) is 40.1. The summed E-state index contributed by atoms with van der Waals surface area (Å²) in [5.41, 5.74) is 2.15. The first-order valence-electron chi connectivity index (χ1n) is 13.8. The van der Waals surface area contributed by atoms with E-state index in [0.717, 1.165) is 4.90 Å². The van der Waals surface area contributed by atoms with Crippen LogP contribution in [0, 0.1) is 0 Å². The number of nitrogens with one attached hydrogen (secondary N) is 3. The summed E-state index contributed by atoms with van der Waals surface area (Å²) in [5.74, 6) is 0.0304. The number of hydrogen-bond acceptors (Lipinski definition) is 6. The summed E-state index contributed by atoms with van der Waals surface area (Å²) < 4.78 is 10.8. The minimum atomic E-state index is -0.510. The first-order chi connectivity index (χ1) is 21.2. The van der Waals surface area contributed by atoms with Crippen LogP contribution in [0.3, 0.4) is 0 Å². The molecule has 0 radical (unpaired) electrons. The molecule has 1 atom stereocenters. The van der Waals surface area contributed by atoms with E-state index in [0.29, 0.717) is 45.6 Å². The predicted octanol–water partition coefficient (Wildman–Crippen LogP) is 7.28. The lowest BCUT2D eigenvalue weighted by atomic mass is 10.1. The van der Waals surface area contributed by atoms with Crippen LogP contribution in [-0.2, 0) is 9.59 Å². The van der Waals surface area contributed by atoms with Crippen LogP contribution >= 0.6 is 23.4 Å². The molecular formula is C34H32ClN3O5S. The van der Waals surface area contributed by atoms with Crippen LogP contribution in [0.15, 0.2) is 108 Å². The summed E-state index contributed by atoms with van der Waals surface area (Å²) in [7, 11) is 1.52. The zero-order valence-electron chi connectivity index (χ0n) is 24.4. The van der Waals surface area contributed by atoms with Crippen molar-refractivity contribution in [1.82, 2.24) is 5.32 Å². The summed E-state index contributed by atoms with van der Waals surface area (Å²) >= 11 is 7.41. The fourth-order valence-electron chi connectivity index (χ4n) is 4.05. The molecule has 0 aliphatic heterocycles. The summed E-state index contributed by atoms with van der Waals surface area (Å²) in [6, 6.07) is 28.0. The molecule has 0 heterocycles. The van der Waals surface area contributed by atoms with Crippen LogP contribution in [0.2, 0.25) is 5.02 Å². The second-order valence-electron chi connectivity index (χ2n) is 9.46. The summed E-state index contributed by atoms with van der Waals surface area (Å²) in [5, 5.41) is 8.45. The van der Waals surface area contributed by atoms with Crippen molar-refractivity contribution < 1.29 is 23.9 Å². The van der Waals surface area contributed by atoms with Gasteiger partial charge in [0.25, 0.3) is 11.8 Å². The predicted molar refractivity (Wildman–Crippen MR) is 177 cm³/mol. The second-order valence-corrected chi connectivity index (χ2v) is 11.3. The fraction of sp³-hybridized carbons (Fsp3) is 0.147. The molecule has 0 saturated heterocycles. The zero-order chi connectivity index (χ0) is 31.5. The maximum Gasteiger partial charge on any atom is 0.272 e. The number of methoxy groups -OCH3 is 1. The lowest BCUT2D eigenvalue weighted by molar-refractivity contribution is -0.115. The van der Waals surface area contributed by atoms with Gasteiger partial charge < -0.3 is 25.4 Å². The largest absolute Gasteiger partial charge is 0.495 e. The Morgan fingerprint density at radius 2 is 1.66 bits per heavy atom. The molecule has 4 rings (SSSR count). The molecule has 0 aliphatic rings. The molecule has 0 saturated carbocycles. The van der Waals surface area contributed by atoms with Crippen molar-refractivity contribution in [2.75, 3.05) is 24.4 Å². The number of benzene rings is 4. The van der Waals surface area contributed by atoms with Gasteiger partial charge in [-0.15, -0.1) is 11.8 Å². The summed E-state index contributed by atoms with van der Waals surface area (Å²) in [6.07, 6.45) is 1.60. The molecule has 3 amide bonds. The molecule has 0 bridgehead atoms. The molecule has 8 nitrogen and oxygen atoms in total. The Balaban J connectivity index is 1.49. The van der Waals surface area contributed by atoms with Crippen molar-refractivity contribution in [1.29, 1.82) is 0 Å². The monoisotopic (exact) mass is 629 g/mol. The molecule has 0 aromatic heterocycles. The van der Waals surface area contributed by atoms with Crippen molar-refractivity contribution in [3.05, 3.63) is 119 Å². The van der Waals surface area contributed by atoms with Crippen molar-refractivity contribution in [2.45, 2.75) is 24.0 Å². The molecule has 0 spiro atoms. The van der Waals surface area contributed by atoms with Crippen molar-refractivity contribution in [3.8, 4) is 11.5 Å². The van der Waals surface area contributed by atoms with Gasteiger partial charge in [0.1, 0.15) is 17.2 Å². The Morgan fingerprint density at radius 1 is 0.909 bits per heavy atom. The standard InChI is InChI=1S/C34H32ClN3O5S/c1-4-43-27-16-13-23(14-17-27)19-30(38-33(40)24-9-6-5-7-10-24)34(41)36-26-11-8-12-28(21-26)44-22(2)32(39)37-29-20-25(35)15-18-31(29)42-3/h5-22H,4H2,1-3H3,(H,36,41)(H,37,39)(H,38,40)/b30-19+. The van der Waals surface area contributed by atoms with Gasteiger partial charge in [0, 0.05) is 21.2 Å². The molecule has 3 N–H and O–H groups in total. The second kappa shape index (κ2) is 15.7. The molecular weight excluding hydrogens is 598 g/mol. The van der Waals surface area contributed by atoms with E-state index in [1.807, 2.05) is 19.1 Å². The third-order valence-corrected chi connectivity index (χ3v) is 7.55. The number of rotatable bonds is 12.